The minimum atomic E-state index is 0.287. The third kappa shape index (κ3) is 2.04. The van der Waals surface area contributed by atoms with Crippen molar-refractivity contribution in [2.75, 3.05) is 13.2 Å². The van der Waals surface area contributed by atoms with Gasteiger partial charge in [-0.2, -0.15) is 0 Å². The van der Waals surface area contributed by atoms with E-state index in [1.165, 1.54) is 0 Å². The minimum absolute atomic E-state index is 0.287. The van der Waals surface area contributed by atoms with Crippen molar-refractivity contribution < 1.29 is 9.47 Å². The molecule has 1 aromatic carbocycles. The summed E-state index contributed by atoms with van der Waals surface area (Å²) in [5.74, 6) is 0.847. The molecule has 2 heterocycles. The van der Waals surface area contributed by atoms with Crippen molar-refractivity contribution in [3.63, 3.8) is 0 Å². The van der Waals surface area contributed by atoms with Crippen molar-refractivity contribution in [3.8, 4) is 11.4 Å². The zero-order valence-electron chi connectivity index (χ0n) is 8.61. The van der Waals surface area contributed by atoms with E-state index in [2.05, 4.69) is 10.3 Å². The number of aromatic nitrogens is 3. The van der Waals surface area contributed by atoms with Crippen LogP contribution in [0.4, 0.5) is 0 Å². The second-order valence-electron chi connectivity index (χ2n) is 3.61. The Balaban J connectivity index is 1.69. The lowest BCUT2D eigenvalue weighted by Gasteiger charge is -2.05. The lowest BCUT2D eigenvalue weighted by molar-refractivity contribution is 0.263. The second-order valence-corrected chi connectivity index (χ2v) is 3.61. The summed E-state index contributed by atoms with van der Waals surface area (Å²) in [6.07, 6.45) is 3.73. The Hall–Kier alpha value is -1.88. The summed E-state index contributed by atoms with van der Waals surface area (Å²) < 4.78 is 12.3. The van der Waals surface area contributed by atoms with Crippen molar-refractivity contribution in [3.05, 3.63) is 36.7 Å². The van der Waals surface area contributed by atoms with Crippen molar-refractivity contribution in [2.24, 2.45) is 0 Å². The molecule has 0 radical (unpaired) electrons. The van der Waals surface area contributed by atoms with E-state index in [0.29, 0.717) is 6.61 Å². The highest BCUT2D eigenvalue weighted by Crippen LogP contribution is 2.17. The molecule has 0 amide bonds. The predicted molar refractivity (Wildman–Crippen MR) is 56.6 cm³/mol. The van der Waals surface area contributed by atoms with E-state index in [4.69, 9.17) is 9.47 Å². The summed E-state index contributed by atoms with van der Waals surface area (Å²) in [6, 6.07) is 7.72. The normalized spacial score (nSPS) is 18.4. The highest BCUT2D eigenvalue weighted by atomic mass is 16.6. The molecule has 5 nitrogen and oxygen atoms in total. The largest absolute Gasteiger partial charge is 0.491 e. The molecular formula is C11H11N3O2. The molecule has 0 bridgehead atoms. The molecule has 1 fully saturated rings. The van der Waals surface area contributed by atoms with E-state index in [0.717, 1.165) is 18.0 Å². The molecule has 1 unspecified atom stereocenters. The van der Waals surface area contributed by atoms with Gasteiger partial charge in [0, 0.05) is 0 Å². The van der Waals surface area contributed by atoms with E-state index in [-0.39, 0.29) is 6.10 Å². The number of rotatable bonds is 4. The van der Waals surface area contributed by atoms with Crippen LogP contribution in [0.15, 0.2) is 36.7 Å². The van der Waals surface area contributed by atoms with E-state index in [9.17, 15) is 0 Å². The highest BCUT2D eigenvalue weighted by Gasteiger charge is 2.22. The van der Waals surface area contributed by atoms with Gasteiger partial charge in [-0.15, -0.1) is 5.10 Å². The van der Waals surface area contributed by atoms with Gasteiger partial charge in [0.2, 0.25) is 0 Å². The molecule has 2 aromatic rings. The molecule has 1 aliphatic rings. The summed E-state index contributed by atoms with van der Waals surface area (Å²) >= 11 is 0. The maximum Gasteiger partial charge on any atom is 0.119 e. The molecule has 1 saturated heterocycles. The molecule has 1 aromatic heterocycles. The van der Waals surface area contributed by atoms with Crippen molar-refractivity contribution in [1.29, 1.82) is 0 Å². The summed E-state index contributed by atoms with van der Waals surface area (Å²) in [5, 5.41) is 7.66. The van der Waals surface area contributed by atoms with Gasteiger partial charge in [0.25, 0.3) is 0 Å². The van der Waals surface area contributed by atoms with E-state index < -0.39 is 0 Å². The molecule has 0 N–H and O–H groups in total. The fourth-order valence-electron chi connectivity index (χ4n) is 1.39. The molecule has 5 heteroatoms. The van der Waals surface area contributed by atoms with Crippen LogP contribution in [-0.4, -0.2) is 34.3 Å². The lowest BCUT2D eigenvalue weighted by Crippen LogP contribution is -2.04. The number of nitrogens with zero attached hydrogens (tertiary/aromatic N) is 3. The fraction of sp³-hybridized carbons (Fsp3) is 0.273. The Bertz CT molecular complexity index is 449. The van der Waals surface area contributed by atoms with Crippen LogP contribution in [0.2, 0.25) is 0 Å². The summed E-state index contributed by atoms with van der Waals surface area (Å²) in [6.45, 7) is 1.44. The van der Waals surface area contributed by atoms with E-state index in [1.54, 1.807) is 17.1 Å². The number of ether oxygens (including phenoxy) is 2. The summed E-state index contributed by atoms with van der Waals surface area (Å²) in [4.78, 5) is 0. The number of benzene rings is 1. The van der Waals surface area contributed by atoms with Gasteiger partial charge in [0.1, 0.15) is 18.5 Å². The quantitative estimate of drug-likeness (QED) is 0.718. The van der Waals surface area contributed by atoms with Crippen molar-refractivity contribution in [2.45, 2.75) is 6.10 Å². The van der Waals surface area contributed by atoms with Crippen LogP contribution in [-0.2, 0) is 4.74 Å². The summed E-state index contributed by atoms with van der Waals surface area (Å²) in [5.41, 5.74) is 0.965. The van der Waals surface area contributed by atoms with Gasteiger partial charge in [-0.25, -0.2) is 4.68 Å². The van der Waals surface area contributed by atoms with E-state index in [1.807, 2.05) is 24.3 Å². The maximum absolute atomic E-state index is 5.53. The molecule has 0 spiro atoms. The van der Waals surface area contributed by atoms with Crippen LogP contribution in [0.25, 0.3) is 5.69 Å². The number of hydrogen-bond acceptors (Lipinski definition) is 4. The van der Waals surface area contributed by atoms with Crippen molar-refractivity contribution >= 4 is 0 Å². The monoisotopic (exact) mass is 217 g/mol. The molecule has 82 valence electrons. The topological polar surface area (TPSA) is 52.5 Å². The Morgan fingerprint density at radius 2 is 2.19 bits per heavy atom. The van der Waals surface area contributed by atoms with Gasteiger partial charge >= 0.3 is 0 Å². The second kappa shape index (κ2) is 3.94. The van der Waals surface area contributed by atoms with Crippen LogP contribution >= 0.6 is 0 Å². The first kappa shape index (κ1) is 9.35. The maximum atomic E-state index is 5.53. The van der Waals surface area contributed by atoms with E-state index >= 15 is 0 Å². The van der Waals surface area contributed by atoms with Gasteiger partial charge in [-0.05, 0) is 24.3 Å². The Morgan fingerprint density at radius 1 is 1.38 bits per heavy atom. The fourth-order valence-corrected chi connectivity index (χ4v) is 1.39. The minimum Gasteiger partial charge on any atom is -0.491 e. The van der Waals surface area contributed by atoms with Crippen LogP contribution in [0, 0.1) is 0 Å². The molecule has 0 saturated carbocycles. The molecule has 3 rings (SSSR count). The van der Waals surface area contributed by atoms with Crippen LogP contribution in [0.5, 0.6) is 5.75 Å². The first-order valence-corrected chi connectivity index (χ1v) is 5.13. The van der Waals surface area contributed by atoms with Gasteiger partial charge in [-0.1, -0.05) is 5.21 Å². The van der Waals surface area contributed by atoms with Gasteiger partial charge in [-0.3, -0.25) is 0 Å². The Morgan fingerprint density at radius 3 is 2.81 bits per heavy atom. The average molecular weight is 217 g/mol. The average Bonchev–Trinajstić information content (AvgIpc) is 3.00. The van der Waals surface area contributed by atoms with Crippen LogP contribution < -0.4 is 4.74 Å². The first-order valence-electron chi connectivity index (χ1n) is 5.13. The zero-order chi connectivity index (χ0) is 10.8. The zero-order valence-corrected chi connectivity index (χ0v) is 8.61. The number of hydrogen-bond donors (Lipinski definition) is 0. The lowest BCUT2D eigenvalue weighted by atomic mass is 10.3. The Labute approximate surface area is 92.6 Å². The molecule has 0 aliphatic carbocycles. The molecule has 16 heavy (non-hydrogen) atoms. The first-order chi connectivity index (χ1) is 7.92. The van der Waals surface area contributed by atoms with Gasteiger partial charge in [0.05, 0.1) is 24.7 Å². The highest BCUT2D eigenvalue weighted by molar-refractivity contribution is 5.36. The van der Waals surface area contributed by atoms with Crippen LogP contribution in [0.3, 0.4) is 0 Å². The predicted octanol–water partition coefficient (Wildman–Crippen LogP) is 1.04. The van der Waals surface area contributed by atoms with Crippen LogP contribution in [0.1, 0.15) is 0 Å². The van der Waals surface area contributed by atoms with Gasteiger partial charge in [0.15, 0.2) is 0 Å². The van der Waals surface area contributed by atoms with Crippen molar-refractivity contribution in [1.82, 2.24) is 15.0 Å². The molecule has 1 aliphatic heterocycles. The molecule has 1 atom stereocenters. The standard InChI is InChI=1S/C11H11N3O2/c1-3-10(15-7-11-8-16-11)4-2-9(1)14-6-5-12-13-14/h1-6,11H,7-8H2. The smallest absolute Gasteiger partial charge is 0.119 e. The number of epoxide rings is 1. The third-order valence-electron chi connectivity index (χ3n) is 2.36. The van der Waals surface area contributed by atoms with Gasteiger partial charge < -0.3 is 9.47 Å². The third-order valence-corrected chi connectivity index (χ3v) is 2.36. The SMILES string of the molecule is c1cn(-c2ccc(OCC3CO3)cc2)nn1. The Kier molecular flexibility index (Phi) is 2.30. The molecular weight excluding hydrogens is 206 g/mol. The summed E-state index contributed by atoms with van der Waals surface area (Å²) in [7, 11) is 0.